The lowest BCUT2D eigenvalue weighted by Gasteiger charge is -2.46. The Morgan fingerprint density at radius 3 is 1.47 bits per heavy atom. The van der Waals surface area contributed by atoms with Crippen molar-refractivity contribution >= 4 is 20.7 Å². The predicted octanol–water partition coefficient (Wildman–Crippen LogP) is 5.03. The SMILES string of the molecule is CO[Si](CCCN(C(=O)CCCC(=O)O)C(F)(C(F)(F)F)C(F)(F)C(F)(F)C(F)(F)C(F)(F)F)(OC)OC. The Kier molecular flexibility index (Phi) is 11.5. The number of hydrogen-bond donors (Lipinski definition) is 1. The Bertz CT molecular complexity index is 811. The van der Waals surface area contributed by atoms with Gasteiger partial charge in [0.15, 0.2) is 0 Å². The molecule has 1 atom stereocenters. The lowest BCUT2D eigenvalue weighted by atomic mass is 9.92. The van der Waals surface area contributed by atoms with Crippen LogP contribution < -0.4 is 0 Å². The van der Waals surface area contributed by atoms with Gasteiger partial charge in [0, 0.05) is 46.8 Å². The van der Waals surface area contributed by atoms with E-state index in [9.17, 15) is 62.3 Å². The summed E-state index contributed by atoms with van der Waals surface area (Å²) in [6, 6.07) is -0.718. The number of carboxylic acid groups (broad SMARTS) is 1. The Morgan fingerprint density at radius 1 is 0.684 bits per heavy atom. The number of halogens is 13. The van der Waals surface area contributed by atoms with Crippen LogP contribution in [0, 0.1) is 0 Å². The fraction of sp³-hybridized carbons (Fsp3) is 0.882. The molecule has 0 aromatic heterocycles. The van der Waals surface area contributed by atoms with Crippen molar-refractivity contribution in [3.05, 3.63) is 0 Å². The van der Waals surface area contributed by atoms with Crippen molar-refractivity contribution < 1.29 is 85.0 Å². The minimum Gasteiger partial charge on any atom is -0.481 e. The molecule has 0 rings (SSSR count). The van der Waals surface area contributed by atoms with E-state index in [4.69, 9.17) is 18.4 Å². The third kappa shape index (κ3) is 6.64. The van der Waals surface area contributed by atoms with Crippen molar-refractivity contribution in [3.63, 3.8) is 0 Å². The fourth-order valence-electron chi connectivity index (χ4n) is 3.07. The van der Waals surface area contributed by atoms with Gasteiger partial charge in [0.1, 0.15) is 0 Å². The summed E-state index contributed by atoms with van der Waals surface area (Å²) >= 11 is 0. The van der Waals surface area contributed by atoms with E-state index in [-0.39, 0.29) is 0 Å². The van der Waals surface area contributed by atoms with Gasteiger partial charge in [-0.05, 0) is 12.8 Å². The summed E-state index contributed by atoms with van der Waals surface area (Å²) in [5.41, 5.74) is 0. The Labute approximate surface area is 207 Å². The molecule has 0 bridgehead atoms. The van der Waals surface area contributed by atoms with Crippen molar-refractivity contribution in [2.24, 2.45) is 0 Å². The van der Waals surface area contributed by atoms with E-state index >= 15 is 4.39 Å². The molecule has 0 fully saturated rings. The Hall–Kier alpha value is -1.87. The second-order valence-electron chi connectivity index (χ2n) is 7.53. The molecule has 1 unspecified atom stereocenters. The molecule has 1 N–H and O–H groups in total. The quantitative estimate of drug-likeness (QED) is 0.159. The van der Waals surface area contributed by atoms with Crippen molar-refractivity contribution in [2.45, 2.75) is 67.6 Å². The molecule has 0 saturated heterocycles. The van der Waals surface area contributed by atoms with E-state index in [2.05, 4.69) is 0 Å². The number of aliphatic carboxylic acids is 1. The van der Waals surface area contributed by atoms with Gasteiger partial charge in [-0.1, -0.05) is 0 Å². The molecule has 0 heterocycles. The minimum absolute atomic E-state index is 0.718. The molecule has 226 valence electrons. The maximum Gasteiger partial charge on any atom is 0.500 e. The third-order valence-electron chi connectivity index (χ3n) is 5.19. The summed E-state index contributed by atoms with van der Waals surface area (Å²) in [5.74, 6) is -35.2. The lowest BCUT2D eigenvalue weighted by molar-refractivity contribution is -0.447. The van der Waals surface area contributed by atoms with E-state index in [1.54, 1.807) is 0 Å². The molecule has 0 saturated carbocycles. The van der Waals surface area contributed by atoms with Gasteiger partial charge >= 0.3 is 50.7 Å². The van der Waals surface area contributed by atoms with Gasteiger partial charge in [-0.3, -0.25) is 14.5 Å². The van der Waals surface area contributed by atoms with Gasteiger partial charge < -0.3 is 18.4 Å². The Morgan fingerprint density at radius 2 is 1.13 bits per heavy atom. The summed E-state index contributed by atoms with van der Waals surface area (Å²) in [7, 11) is -1.00. The smallest absolute Gasteiger partial charge is 0.481 e. The first-order chi connectivity index (χ1) is 16.9. The summed E-state index contributed by atoms with van der Waals surface area (Å²) in [5, 5.41) is 8.54. The van der Waals surface area contributed by atoms with E-state index in [0.717, 1.165) is 21.3 Å². The minimum atomic E-state index is -8.09. The highest BCUT2D eigenvalue weighted by Gasteiger charge is 2.92. The number of carbonyl (C=O) groups excluding carboxylic acids is 1. The summed E-state index contributed by atoms with van der Waals surface area (Å²) < 4.78 is 192. The zero-order valence-corrected chi connectivity index (χ0v) is 20.6. The molecule has 38 heavy (non-hydrogen) atoms. The molecular formula is C17H22F13NO6Si. The van der Waals surface area contributed by atoms with E-state index < -0.39 is 99.8 Å². The van der Waals surface area contributed by atoms with Crippen molar-refractivity contribution in [1.82, 2.24) is 4.90 Å². The lowest BCUT2D eigenvalue weighted by Crippen LogP contribution is -2.76. The summed E-state index contributed by atoms with van der Waals surface area (Å²) in [4.78, 5) is 21.2. The van der Waals surface area contributed by atoms with Gasteiger partial charge in [0.05, 0.1) is 0 Å². The normalized spacial score (nSPS) is 15.8. The van der Waals surface area contributed by atoms with E-state index in [0.29, 0.717) is 0 Å². The molecule has 21 heteroatoms. The highest BCUT2D eigenvalue weighted by molar-refractivity contribution is 6.60. The number of hydrogen-bond acceptors (Lipinski definition) is 5. The van der Waals surface area contributed by atoms with Gasteiger partial charge in [-0.2, -0.15) is 52.7 Å². The number of carbonyl (C=O) groups is 2. The average Bonchev–Trinajstić information content (AvgIpc) is 2.77. The van der Waals surface area contributed by atoms with Crippen LogP contribution in [0.2, 0.25) is 6.04 Å². The molecule has 1 amide bonds. The molecule has 0 aromatic carbocycles. The van der Waals surface area contributed by atoms with Crippen molar-refractivity contribution in [2.75, 3.05) is 27.9 Å². The van der Waals surface area contributed by atoms with Crippen LogP contribution in [-0.4, -0.2) is 94.5 Å². The standard InChI is InChI=1S/C17H22F13NO6Si/c1-35-38(36-2,37-3)9-5-8-31(10(32)6-4-7-11(33)34)15(24,17(28,29)30)13(20,21)12(18,19)14(22,23)16(25,26)27/h4-9H2,1-3H3,(H,33,34). The van der Waals surface area contributed by atoms with Crippen LogP contribution >= 0.6 is 0 Å². The number of carboxylic acids is 1. The van der Waals surface area contributed by atoms with Crippen LogP contribution in [0.1, 0.15) is 25.7 Å². The maximum atomic E-state index is 15.3. The third-order valence-corrected chi connectivity index (χ3v) is 8.02. The predicted molar refractivity (Wildman–Crippen MR) is 100 cm³/mol. The van der Waals surface area contributed by atoms with Crippen molar-refractivity contribution in [3.8, 4) is 0 Å². The number of nitrogens with zero attached hydrogens (tertiary/aromatic N) is 1. The number of alkyl halides is 13. The molecular weight excluding hydrogens is 589 g/mol. The first-order valence-electron chi connectivity index (χ1n) is 10.00. The highest BCUT2D eigenvalue weighted by atomic mass is 28.4. The fourth-order valence-corrected chi connectivity index (χ4v) is 4.77. The molecule has 7 nitrogen and oxygen atoms in total. The van der Waals surface area contributed by atoms with E-state index in [1.165, 1.54) is 0 Å². The maximum absolute atomic E-state index is 15.3. The summed E-state index contributed by atoms with van der Waals surface area (Å²) in [6.45, 7) is -1.93. The molecule has 0 aliphatic heterocycles. The molecule has 0 aliphatic rings. The van der Waals surface area contributed by atoms with Gasteiger partial charge in [-0.25, -0.2) is 4.39 Å². The van der Waals surface area contributed by atoms with Crippen LogP contribution in [0.4, 0.5) is 57.1 Å². The van der Waals surface area contributed by atoms with Crippen LogP contribution in [0.25, 0.3) is 0 Å². The van der Waals surface area contributed by atoms with E-state index in [1.807, 2.05) is 0 Å². The molecule has 0 aromatic rings. The first-order valence-corrected chi connectivity index (χ1v) is 11.9. The zero-order chi connectivity index (χ0) is 30.6. The molecule has 0 spiro atoms. The van der Waals surface area contributed by atoms with Crippen LogP contribution in [0.15, 0.2) is 0 Å². The van der Waals surface area contributed by atoms with Gasteiger partial charge in [0.25, 0.3) is 0 Å². The monoisotopic (exact) mass is 611 g/mol. The number of rotatable bonds is 15. The van der Waals surface area contributed by atoms with Crippen LogP contribution in [-0.2, 0) is 22.9 Å². The second kappa shape index (κ2) is 12.1. The molecule has 0 radical (unpaired) electrons. The second-order valence-corrected chi connectivity index (χ2v) is 10.6. The number of amides is 1. The largest absolute Gasteiger partial charge is 0.500 e. The Balaban J connectivity index is 6.92. The van der Waals surface area contributed by atoms with Crippen LogP contribution in [0.3, 0.4) is 0 Å². The van der Waals surface area contributed by atoms with Crippen molar-refractivity contribution in [1.29, 1.82) is 0 Å². The van der Waals surface area contributed by atoms with Gasteiger partial charge in [0.2, 0.25) is 5.91 Å². The average molecular weight is 611 g/mol. The van der Waals surface area contributed by atoms with Gasteiger partial charge in [-0.15, -0.1) is 0 Å². The first kappa shape index (κ1) is 36.1. The topological polar surface area (TPSA) is 85.3 Å². The highest BCUT2D eigenvalue weighted by Crippen LogP contribution is 2.61. The van der Waals surface area contributed by atoms with Crippen LogP contribution in [0.5, 0.6) is 0 Å². The zero-order valence-electron chi connectivity index (χ0n) is 19.6. The molecule has 0 aliphatic carbocycles. The summed E-state index contributed by atoms with van der Waals surface area (Å²) in [6.07, 6.45) is -19.6.